The quantitative estimate of drug-likeness (QED) is 0.618. The van der Waals surface area contributed by atoms with Crippen molar-refractivity contribution in [2.24, 2.45) is 0 Å². The number of halogens is 1. The minimum atomic E-state index is -0.0950. The zero-order chi connectivity index (χ0) is 13.8. The molecule has 1 aliphatic heterocycles. The second kappa shape index (κ2) is 6.68. The maximum absolute atomic E-state index is 11.5. The van der Waals surface area contributed by atoms with E-state index in [1.165, 1.54) is 17.8 Å². The predicted octanol–water partition coefficient (Wildman–Crippen LogP) is 2.49. The Morgan fingerprint density at radius 2 is 2.16 bits per heavy atom. The molecule has 0 spiro atoms. The van der Waals surface area contributed by atoms with Gasteiger partial charge in [0.2, 0.25) is 0 Å². The first-order chi connectivity index (χ1) is 9.15. The third-order valence-corrected chi connectivity index (χ3v) is 4.84. The Bertz CT molecular complexity index is 429. The van der Waals surface area contributed by atoms with Crippen molar-refractivity contribution in [1.82, 2.24) is 9.88 Å². The second-order valence-corrected chi connectivity index (χ2v) is 5.96. The second-order valence-electron chi connectivity index (χ2n) is 4.85. The first-order valence-corrected chi connectivity index (χ1v) is 8.10. The van der Waals surface area contributed by atoms with Crippen LogP contribution in [0, 0.1) is 0 Å². The van der Waals surface area contributed by atoms with Crippen molar-refractivity contribution < 1.29 is 4.79 Å². The number of hydrogen-bond acceptors (Lipinski definition) is 5. The molecule has 0 radical (unpaired) electrons. The lowest BCUT2D eigenvalue weighted by Crippen LogP contribution is -2.49. The summed E-state index contributed by atoms with van der Waals surface area (Å²) in [7, 11) is 0. The maximum Gasteiger partial charge on any atom is 0.196 e. The van der Waals surface area contributed by atoms with Crippen LogP contribution >= 0.6 is 22.9 Å². The lowest BCUT2D eigenvalue weighted by atomic mass is 10.2. The molecule has 1 saturated heterocycles. The predicted molar refractivity (Wildman–Crippen MR) is 80.7 cm³/mol. The fraction of sp³-hybridized carbons (Fsp3) is 0.692. The van der Waals surface area contributed by atoms with Gasteiger partial charge in [0.15, 0.2) is 10.9 Å². The Hall–Kier alpha value is -0.650. The van der Waals surface area contributed by atoms with E-state index in [1.54, 1.807) is 5.38 Å². The molecule has 0 amide bonds. The molecule has 6 heteroatoms. The summed E-state index contributed by atoms with van der Waals surface area (Å²) in [5.41, 5.74) is 0.499. The molecule has 0 aromatic carbocycles. The standard InChI is InChI=1S/C13H20ClN3OS/c1-3-10(2)16-4-6-17(7-5-16)13-15-11(9-19-13)12(18)8-14/h9-10H,3-8H2,1-2H3. The summed E-state index contributed by atoms with van der Waals surface area (Å²) in [6.07, 6.45) is 1.19. The summed E-state index contributed by atoms with van der Waals surface area (Å²) < 4.78 is 0. The molecule has 0 bridgehead atoms. The first-order valence-electron chi connectivity index (χ1n) is 6.69. The molecule has 1 aliphatic rings. The lowest BCUT2D eigenvalue weighted by molar-refractivity contribution is 0.101. The molecule has 2 heterocycles. The Balaban J connectivity index is 1.94. The third kappa shape index (κ3) is 3.46. The fourth-order valence-electron chi connectivity index (χ4n) is 2.22. The number of alkyl halides is 1. The number of nitrogens with zero attached hydrogens (tertiary/aromatic N) is 3. The van der Waals surface area contributed by atoms with Gasteiger partial charge in [0, 0.05) is 37.6 Å². The number of rotatable bonds is 5. The number of piperazine rings is 1. The summed E-state index contributed by atoms with van der Waals surface area (Å²) in [5, 5.41) is 2.75. The smallest absolute Gasteiger partial charge is 0.196 e. The summed E-state index contributed by atoms with van der Waals surface area (Å²) in [6.45, 7) is 8.58. The summed E-state index contributed by atoms with van der Waals surface area (Å²) in [4.78, 5) is 20.6. The average molecular weight is 302 g/mol. The number of ketones is 1. The van der Waals surface area contributed by atoms with Crippen molar-refractivity contribution in [2.75, 3.05) is 37.0 Å². The van der Waals surface area contributed by atoms with E-state index >= 15 is 0 Å². The molecule has 1 aromatic heterocycles. The molecule has 106 valence electrons. The van der Waals surface area contributed by atoms with Crippen LogP contribution in [0.2, 0.25) is 0 Å². The monoisotopic (exact) mass is 301 g/mol. The van der Waals surface area contributed by atoms with Gasteiger partial charge in [0.1, 0.15) is 5.69 Å². The molecule has 2 rings (SSSR count). The van der Waals surface area contributed by atoms with Gasteiger partial charge in [0.25, 0.3) is 0 Å². The molecular formula is C13H20ClN3OS. The van der Waals surface area contributed by atoms with Crippen LogP contribution in [0.5, 0.6) is 0 Å². The normalized spacial score (nSPS) is 18.6. The van der Waals surface area contributed by atoms with Gasteiger partial charge in [0.05, 0.1) is 5.88 Å². The molecule has 1 aromatic rings. The Labute approximate surface area is 123 Å². The van der Waals surface area contributed by atoms with Crippen molar-refractivity contribution in [1.29, 1.82) is 0 Å². The van der Waals surface area contributed by atoms with Crippen LogP contribution in [0.15, 0.2) is 5.38 Å². The van der Waals surface area contributed by atoms with Crippen molar-refractivity contribution in [3.8, 4) is 0 Å². The van der Waals surface area contributed by atoms with Gasteiger partial charge in [-0.15, -0.1) is 22.9 Å². The van der Waals surface area contributed by atoms with E-state index in [0.717, 1.165) is 31.3 Å². The number of carbonyl (C=O) groups excluding carboxylic acids is 1. The third-order valence-electron chi connectivity index (χ3n) is 3.70. The van der Waals surface area contributed by atoms with E-state index in [4.69, 9.17) is 11.6 Å². The number of aromatic nitrogens is 1. The first kappa shape index (κ1) is 14.8. The largest absolute Gasteiger partial charge is 0.346 e. The van der Waals surface area contributed by atoms with Crippen LogP contribution in [0.3, 0.4) is 0 Å². The highest BCUT2D eigenvalue weighted by Crippen LogP contribution is 2.23. The summed E-state index contributed by atoms with van der Waals surface area (Å²) in [5.74, 6) is -0.0901. The van der Waals surface area contributed by atoms with Crippen LogP contribution in [0.1, 0.15) is 30.8 Å². The molecular weight excluding hydrogens is 282 g/mol. The van der Waals surface area contributed by atoms with Gasteiger partial charge >= 0.3 is 0 Å². The molecule has 1 unspecified atom stereocenters. The van der Waals surface area contributed by atoms with E-state index in [-0.39, 0.29) is 11.7 Å². The number of carbonyl (C=O) groups is 1. The van der Waals surface area contributed by atoms with Crippen molar-refractivity contribution in [3.05, 3.63) is 11.1 Å². The highest BCUT2D eigenvalue weighted by Gasteiger charge is 2.22. The van der Waals surface area contributed by atoms with E-state index < -0.39 is 0 Å². The zero-order valence-corrected chi connectivity index (χ0v) is 13.0. The van der Waals surface area contributed by atoms with E-state index in [1.807, 2.05) is 0 Å². The molecule has 0 N–H and O–H groups in total. The van der Waals surface area contributed by atoms with Gasteiger partial charge in [-0.3, -0.25) is 9.69 Å². The van der Waals surface area contributed by atoms with E-state index in [0.29, 0.717) is 11.7 Å². The molecule has 0 aliphatic carbocycles. The number of hydrogen-bond donors (Lipinski definition) is 0. The van der Waals surface area contributed by atoms with Gasteiger partial charge < -0.3 is 4.90 Å². The number of thiazole rings is 1. The van der Waals surface area contributed by atoms with Crippen molar-refractivity contribution in [2.45, 2.75) is 26.3 Å². The molecule has 0 saturated carbocycles. The molecule has 1 fully saturated rings. The molecule has 19 heavy (non-hydrogen) atoms. The summed E-state index contributed by atoms with van der Waals surface area (Å²) in [6, 6.07) is 0.645. The average Bonchev–Trinajstić information content (AvgIpc) is 2.95. The Morgan fingerprint density at radius 3 is 2.74 bits per heavy atom. The molecule has 4 nitrogen and oxygen atoms in total. The van der Waals surface area contributed by atoms with Crippen molar-refractivity contribution >= 4 is 33.9 Å². The van der Waals surface area contributed by atoms with Crippen LogP contribution in [0.4, 0.5) is 5.13 Å². The van der Waals surface area contributed by atoms with E-state index in [2.05, 4.69) is 28.6 Å². The van der Waals surface area contributed by atoms with Gasteiger partial charge in [-0.25, -0.2) is 4.98 Å². The van der Waals surface area contributed by atoms with Crippen LogP contribution in [0.25, 0.3) is 0 Å². The number of Topliss-reactive ketones (excluding diaryl/α,β-unsaturated/α-hetero) is 1. The zero-order valence-electron chi connectivity index (χ0n) is 11.4. The Morgan fingerprint density at radius 1 is 1.47 bits per heavy atom. The number of anilines is 1. The van der Waals surface area contributed by atoms with Crippen LogP contribution in [-0.2, 0) is 0 Å². The van der Waals surface area contributed by atoms with Crippen LogP contribution in [-0.4, -0.2) is 53.8 Å². The minimum absolute atomic E-state index is 0.00493. The van der Waals surface area contributed by atoms with Gasteiger partial charge in [-0.1, -0.05) is 6.92 Å². The topological polar surface area (TPSA) is 36.4 Å². The highest BCUT2D eigenvalue weighted by molar-refractivity contribution is 7.14. The fourth-order valence-corrected chi connectivity index (χ4v) is 3.24. The Kier molecular flexibility index (Phi) is 5.19. The SMILES string of the molecule is CCC(C)N1CCN(c2nc(C(=O)CCl)cs2)CC1. The van der Waals surface area contributed by atoms with Crippen LogP contribution < -0.4 is 4.90 Å². The van der Waals surface area contributed by atoms with Gasteiger partial charge in [-0.2, -0.15) is 0 Å². The van der Waals surface area contributed by atoms with Gasteiger partial charge in [-0.05, 0) is 13.3 Å². The maximum atomic E-state index is 11.5. The highest BCUT2D eigenvalue weighted by atomic mass is 35.5. The lowest BCUT2D eigenvalue weighted by Gasteiger charge is -2.37. The molecule has 1 atom stereocenters. The summed E-state index contributed by atoms with van der Waals surface area (Å²) >= 11 is 7.08. The van der Waals surface area contributed by atoms with E-state index in [9.17, 15) is 4.79 Å². The van der Waals surface area contributed by atoms with Crippen molar-refractivity contribution in [3.63, 3.8) is 0 Å². The minimum Gasteiger partial charge on any atom is -0.346 e.